The van der Waals surface area contributed by atoms with Gasteiger partial charge in [0.15, 0.2) is 5.82 Å². The van der Waals surface area contributed by atoms with E-state index in [1.165, 1.54) is 12.4 Å². The van der Waals surface area contributed by atoms with Gasteiger partial charge in [-0.15, -0.1) is 0 Å². The Labute approximate surface area is 110 Å². The van der Waals surface area contributed by atoms with Gasteiger partial charge in [0, 0.05) is 10.7 Å². The highest BCUT2D eigenvalue weighted by molar-refractivity contribution is 9.10. The lowest BCUT2D eigenvalue weighted by atomic mass is 10.3. The number of pyridine rings is 1. The van der Waals surface area contributed by atoms with Gasteiger partial charge in [0.1, 0.15) is 10.8 Å². The second-order valence-electron chi connectivity index (χ2n) is 3.04. The molecular weight excluding hydrogens is 307 g/mol. The maximum Gasteiger partial charge on any atom is 0.275 e. The lowest BCUT2D eigenvalue weighted by Gasteiger charge is -2.02. The molecule has 1 N–H and O–H groups in total. The van der Waals surface area contributed by atoms with Crippen LogP contribution < -0.4 is 5.32 Å². The maximum absolute atomic E-state index is 11.7. The van der Waals surface area contributed by atoms with Gasteiger partial charge in [0.05, 0.1) is 12.4 Å². The van der Waals surface area contributed by atoms with Crippen molar-refractivity contribution in [1.82, 2.24) is 15.0 Å². The van der Waals surface area contributed by atoms with Gasteiger partial charge in [-0.1, -0.05) is 11.6 Å². The van der Waals surface area contributed by atoms with E-state index in [0.29, 0.717) is 11.5 Å². The number of nitrogens with one attached hydrogen (secondary N) is 1. The highest BCUT2D eigenvalue weighted by Gasteiger charge is 2.08. The van der Waals surface area contributed by atoms with Crippen LogP contribution in [0.3, 0.4) is 0 Å². The summed E-state index contributed by atoms with van der Waals surface area (Å²) < 4.78 is 0.806. The molecule has 0 unspecified atom stereocenters. The van der Waals surface area contributed by atoms with E-state index >= 15 is 0 Å². The van der Waals surface area contributed by atoms with E-state index in [1.807, 2.05) is 0 Å². The summed E-state index contributed by atoms with van der Waals surface area (Å²) in [4.78, 5) is 23.4. The summed E-state index contributed by atoms with van der Waals surface area (Å²) in [5.41, 5.74) is 0.296. The molecule has 0 atom stereocenters. The molecule has 0 saturated heterocycles. The maximum atomic E-state index is 11.7. The van der Waals surface area contributed by atoms with E-state index in [-0.39, 0.29) is 11.1 Å². The van der Waals surface area contributed by atoms with Crippen molar-refractivity contribution in [2.45, 2.75) is 0 Å². The van der Waals surface area contributed by atoms with E-state index < -0.39 is 0 Å². The number of aromatic nitrogens is 3. The predicted molar refractivity (Wildman–Crippen MR) is 66.9 cm³/mol. The first-order valence-electron chi connectivity index (χ1n) is 4.55. The van der Waals surface area contributed by atoms with Crippen molar-refractivity contribution in [2.24, 2.45) is 0 Å². The van der Waals surface area contributed by atoms with E-state index in [1.54, 1.807) is 18.3 Å². The third kappa shape index (κ3) is 3.21. The van der Waals surface area contributed by atoms with Gasteiger partial charge < -0.3 is 5.32 Å². The molecule has 0 bridgehead atoms. The zero-order valence-corrected chi connectivity index (χ0v) is 10.7. The van der Waals surface area contributed by atoms with Crippen LogP contribution in [-0.4, -0.2) is 20.9 Å². The number of carbonyl (C=O) groups is 1. The number of carbonyl (C=O) groups excluding carboxylic acids is 1. The number of amides is 1. The Morgan fingerprint density at radius 2 is 2.00 bits per heavy atom. The minimum atomic E-state index is -0.353. The average molecular weight is 314 g/mol. The molecule has 0 radical (unpaired) electrons. The van der Waals surface area contributed by atoms with E-state index in [4.69, 9.17) is 11.6 Å². The summed E-state index contributed by atoms with van der Waals surface area (Å²) in [6.07, 6.45) is 4.27. The smallest absolute Gasteiger partial charge is 0.275 e. The second-order valence-corrected chi connectivity index (χ2v) is 4.34. The fraction of sp³-hybridized carbons (Fsp3) is 0. The Morgan fingerprint density at radius 3 is 2.59 bits per heavy atom. The number of rotatable bonds is 2. The normalized spacial score (nSPS) is 10.0. The predicted octanol–water partition coefficient (Wildman–Crippen LogP) is 2.54. The van der Waals surface area contributed by atoms with Crippen molar-refractivity contribution < 1.29 is 4.79 Å². The molecule has 7 heteroatoms. The zero-order valence-electron chi connectivity index (χ0n) is 8.39. The van der Waals surface area contributed by atoms with Crippen LogP contribution in [-0.2, 0) is 0 Å². The summed E-state index contributed by atoms with van der Waals surface area (Å²) in [6.45, 7) is 0. The number of anilines is 1. The quantitative estimate of drug-likeness (QED) is 0.925. The lowest BCUT2D eigenvalue weighted by molar-refractivity contribution is 0.102. The van der Waals surface area contributed by atoms with Gasteiger partial charge in [0.25, 0.3) is 5.91 Å². The van der Waals surface area contributed by atoms with Crippen LogP contribution in [0.4, 0.5) is 5.82 Å². The molecule has 0 aliphatic rings. The first-order valence-corrected chi connectivity index (χ1v) is 5.73. The Kier molecular flexibility index (Phi) is 3.65. The van der Waals surface area contributed by atoms with Crippen LogP contribution in [0.1, 0.15) is 10.5 Å². The summed E-state index contributed by atoms with van der Waals surface area (Å²) in [5, 5.41) is 2.82. The van der Waals surface area contributed by atoms with Crippen molar-refractivity contribution in [2.75, 3.05) is 5.32 Å². The number of hydrogen-bond donors (Lipinski definition) is 1. The monoisotopic (exact) mass is 312 g/mol. The summed E-state index contributed by atoms with van der Waals surface area (Å²) in [7, 11) is 0. The van der Waals surface area contributed by atoms with E-state index in [0.717, 1.165) is 4.47 Å². The topological polar surface area (TPSA) is 67.8 Å². The molecule has 2 aromatic rings. The van der Waals surface area contributed by atoms with Gasteiger partial charge in [-0.3, -0.25) is 4.79 Å². The molecule has 0 aromatic carbocycles. The summed E-state index contributed by atoms with van der Waals surface area (Å²) in [6, 6.07) is 3.33. The van der Waals surface area contributed by atoms with Crippen molar-refractivity contribution >= 4 is 39.3 Å². The molecule has 2 heterocycles. The van der Waals surface area contributed by atoms with E-state index in [2.05, 4.69) is 36.2 Å². The van der Waals surface area contributed by atoms with Crippen LogP contribution in [0.15, 0.2) is 35.2 Å². The molecule has 0 aliphatic heterocycles. The Bertz CT molecular complexity index is 529. The average Bonchev–Trinajstić information content (AvgIpc) is 2.33. The van der Waals surface area contributed by atoms with Gasteiger partial charge >= 0.3 is 0 Å². The standard InChI is InChI=1S/C10H6BrClN4O/c11-6-1-2-7(13-3-6)10(17)16-9-5-14-8(12)4-15-9/h1-5H,(H,15,16,17). The fourth-order valence-electron chi connectivity index (χ4n) is 1.07. The SMILES string of the molecule is O=C(Nc1cnc(Cl)cn1)c1ccc(Br)cn1. The molecule has 0 aliphatic carbocycles. The van der Waals surface area contributed by atoms with Gasteiger partial charge in [0.2, 0.25) is 0 Å². The van der Waals surface area contributed by atoms with Gasteiger partial charge in [-0.25, -0.2) is 15.0 Å². The van der Waals surface area contributed by atoms with Gasteiger partial charge in [-0.2, -0.15) is 0 Å². The molecular formula is C10H6BrClN4O. The molecule has 0 saturated carbocycles. The summed E-state index contributed by atoms with van der Waals surface area (Å²) in [5.74, 6) is -0.0294. The molecule has 0 fully saturated rings. The third-order valence-corrected chi connectivity index (χ3v) is 2.49. The fourth-order valence-corrected chi connectivity index (χ4v) is 1.40. The molecule has 5 nitrogen and oxygen atoms in total. The van der Waals surface area contributed by atoms with Crippen molar-refractivity contribution in [3.63, 3.8) is 0 Å². The van der Waals surface area contributed by atoms with Crippen LogP contribution in [0.5, 0.6) is 0 Å². The molecule has 2 aromatic heterocycles. The lowest BCUT2D eigenvalue weighted by Crippen LogP contribution is -2.14. The molecule has 86 valence electrons. The van der Waals surface area contributed by atoms with Crippen LogP contribution in [0.2, 0.25) is 5.15 Å². The minimum Gasteiger partial charge on any atom is -0.304 e. The summed E-state index contributed by atoms with van der Waals surface area (Å²) >= 11 is 8.82. The number of nitrogens with zero attached hydrogens (tertiary/aromatic N) is 3. The van der Waals surface area contributed by atoms with Crippen molar-refractivity contribution in [3.05, 3.63) is 46.0 Å². The second kappa shape index (κ2) is 5.20. The molecule has 17 heavy (non-hydrogen) atoms. The van der Waals surface area contributed by atoms with E-state index in [9.17, 15) is 4.79 Å². The van der Waals surface area contributed by atoms with Crippen LogP contribution >= 0.6 is 27.5 Å². The first kappa shape index (κ1) is 11.9. The Hall–Kier alpha value is -1.53. The Morgan fingerprint density at radius 1 is 1.18 bits per heavy atom. The highest BCUT2D eigenvalue weighted by Crippen LogP contribution is 2.09. The number of halogens is 2. The molecule has 2 rings (SSSR count). The highest BCUT2D eigenvalue weighted by atomic mass is 79.9. The molecule has 1 amide bonds. The van der Waals surface area contributed by atoms with Crippen molar-refractivity contribution in [1.29, 1.82) is 0 Å². The third-order valence-electron chi connectivity index (χ3n) is 1.82. The van der Waals surface area contributed by atoms with Crippen molar-refractivity contribution in [3.8, 4) is 0 Å². The minimum absolute atomic E-state index is 0.268. The zero-order chi connectivity index (χ0) is 12.3. The van der Waals surface area contributed by atoms with Gasteiger partial charge in [-0.05, 0) is 28.1 Å². The van der Waals surface area contributed by atoms with Crippen LogP contribution in [0.25, 0.3) is 0 Å². The first-order chi connectivity index (χ1) is 8.15. The molecule has 0 spiro atoms. The Balaban J connectivity index is 2.11. The van der Waals surface area contributed by atoms with Crippen LogP contribution in [0, 0.1) is 0 Å². The number of hydrogen-bond acceptors (Lipinski definition) is 4. The largest absolute Gasteiger partial charge is 0.304 e.